The Labute approximate surface area is 217 Å². The molecule has 1 aromatic heterocycles. The minimum absolute atomic E-state index is 0.00470. The number of carbonyl (C=O) groups is 1. The Balaban J connectivity index is 2.13. The summed E-state index contributed by atoms with van der Waals surface area (Å²) in [5.41, 5.74) is 2.26. The smallest absolute Gasteiger partial charge is 0.305 e. The van der Waals surface area contributed by atoms with Crippen LogP contribution in [-0.4, -0.2) is 60.8 Å². The lowest BCUT2D eigenvalue weighted by molar-refractivity contribution is -0.301. The fraction of sp³-hybridized carbons (Fsp3) is 0.500. The van der Waals surface area contributed by atoms with Crippen molar-refractivity contribution >= 4 is 28.0 Å². The number of halogens is 1. The van der Waals surface area contributed by atoms with Gasteiger partial charge in [0.1, 0.15) is 5.82 Å². The third-order valence-electron chi connectivity index (χ3n) is 6.24. The van der Waals surface area contributed by atoms with Crippen LogP contribution in [0.1, 0.15) is 64.1 Å². The van der Waals surface area contributed by atoms with E-state index in [0.717, 1.165) is 10.6 Å². The van der Waals surface area contributed by atoms with Crippen LogP contribution < -0.4 is 4.31 Å². The maximum absolute atomic E-state index is 13.7. The summed E-state index contributed by atoms with van der Waals surface area (Å²) in [6.07, 6.45) is 4.47. The van der Waals surface area contributed by atoms with E-state index in [1.54, 1.807) is 19.1 Å². The number of carboxylic acids is 1. The highest BCUT2D eigenvalue weighted by Crippen LogP contribution is 2.34. The second-order valence-electron chi connectivity index (χ2n) is 9.64. The van der Waals surface area contributed by atoms with E-state index in [9.17, 15) is 22.7 Å². The number of aromatic nitrogens is 2. The van der Waals surface area contributed by atoms with Gasteiger partial charge in [-0.15, -0.1) is 0 Å². The molecule has 1 aliphatic rings. The monoisotopic (exact) mass is 535 g/mol. The zero-order valence-electron chi connectivity index (χ0n) is 21.9. The molecular weight excluding hydrogens is 501 g/mol. The van der Waals surface area contributed by atoms with Gasteiger partial charge >= 0.3 is 5.97 Å². The zero-order valence-corrected chi connectivity index (χ0v) is 22.8. The van der Waals surface area contributed by atoms with Gasteiger partial charge in [0.15, 0.2) is 5.79 Å². The number of ether oxygens (including phenoxy) is 2. The van der Waals surface area contributed by atoms with E-state index in [1.165, 1.54) is 19.2 Å². The minimum atomic E-state index is -3.63. The van der Waals surface area contributed by atoms with Crippen LogP contribution in [0.4, 0.5) is 10.3 Å². The van der Waals surface area contributed by atoms with Gasteiger partial charge in [-0.05, 0) is 43.5 Å². The quantitative estimate of drug-likeness (QED) is 0.495. The van der Waals surface area contributed by atoms with Gasteiger partial charge in [0.25, 0.3) is 0 Å². The molecule has 1 aromatic carbocycles. The van der Waals surface area contributed by atoms with Crippen molar-refractivity contribution in [2.45, 2.75) is 70.9 Å². The molecule has 0 radical (unpaired) electrons. The molecule has 0 aliphatic carbocycles. The number of anilines is 1. The number of benzene rings is 1. The summed E-state index contributed by atoms with van der Waals surface area (Å²) in [6.45, 7) is 7.54. The van der Waals surface area contributed by atoms with Crippen LogP contribution in [0.5, 0.6) is 0 Å². The number of aliphatic carboxylic acids is 1. The predicted molar refractivity (Wildman–Crippen MR) is 139 cm³/mol. The molecule has 1 saturated heterocycles. The summed E-state index contributed by atoms with van der Waals surface area (Å²) >= 11 is 0. The summed E-state index contributed by atoms with van der Waals surface area (Å²) in [7, 11) is -2.25. The fourth-order valence-electron chi connectivity index (χ4n) is 4.06. The third kappa shape index (κ3) is 7.12. The molecular formula is C26H34FN3O6S. The lowest BCUT2D eigenvalue weighted by Crippen LogP contribution is -2.46. The Morgan fingerprint density at radius 2 is 1.92 bits per heavy atom. The molecule has 0 spiro atoms. The largest absolute Gasteiger partial charge is 0.481 e. The van der Waals surface area contributed by atoms with Crippen molar-refractivity contribution in [3.8, 4) is 11.3 Å². The molecule has 9 nitrogen and oxygen atoms in total. The van der Waals surface area contributed by atoms with Crippen LogP contribution in [-0.2, 0) is 24.3 Å². The second-order valence-corrected chi connectivity index (χ2v) is 11.7. The molecule has 3 atom stereocenters. The van der Waals surface area contributed by atoms with Crippen molar-refractivity contribution in [1.29, 1.82) is 0 Å². The zero-order chi connectivity index (χ0) is 27.5. The molecule has 37 heavy (non-hydrogen) atoms. The van der Waals surface area contributed by atoms with E-state index in [4.69, 9.17) is 9.47 Å². The highest BCUT2D eigenvalue weighted by molar-refractivity contribution is 7.92. The van der Waals surface area contributed by atoms with Crippen molar-refractivity contribution in [2.24, 2.45) is 0 Å². The number of hydrogen-bond acceptors (Lipinski definition) is 7. The molecule has 202 valence electrons. The van der Waals surface area contributed by atoms with Gasteiger partial charge in [-0.3, -0.25) is 4.79 Å². The summed E-state index contributed by atoms with van der Waals surface area (Å²) in [5, 5.41) is 9.28. The van der Waals surface area contributed by atoms with Gasteiger partial charge in [0.2, 0.25) is 16.0 Å². The molecule has 1 N–H and O–H groups in total. The van der Waals surface area contributed by atoms with Crippen molar-refractivity contribution < 1.29 is 32.2 Å². The molecule has 2 heterocycles. The van der Waals surface area contributed by atoms with E-state index in [-0.39, 0.29) is 18.3 Å². The molecule has 0 saturated carbocycles. The number of nitrogens with zero attached hydrogens (tertiary/aromatic N) is 3. The van der Waals surface area contributed by atoms with E-state index in [1.807, 2.05) is 32.9 Å². The first-order valence-corrected chi connectivity index (χ1v) is 13.9. The molecule has 2 aromatic rings. The Hall–Kier alpha value is -2.89. The Morgan fingerprint density at radius 1 is 1.27 bits per heavy atom. The second kappa shape index (κ2) is 11.2. The first kappa shape index (κ1) is 28.7. The highest BCUT2D eigenvalue weighted by atomic mass is 32.2. The maximum atomic E-state index is 13.7. The molecule has 1 fully saturated rings. The van der Waals surface area contributed by atoms with Gasteiger partial charge in [-0.2, -0.15) is 0 Å². The van der Waals surface area contributed by atoms with E-state index in [2.05, 4.69) is 9.97 Å². The van der Waals surface area contributed by atoms with Gasteiger partial charge < -0.3 is 14.6 Å². The average molecular weight is 536 g/mol. The first-order chi connectivity index (χ1) is 17.2. The van der Waals surface area contributed by atoms with Crippen molar-refractivity contribution in [3.63, 3.8) is 0 Å². The molecule has 3 unspecified atom stereocenters. The Kier molecular flexibility index (Phi) is 8.71. The fourth-order valence-corrected chi connectivity index (χ4v) is 4.44. The Bertz CT molecular complexity index is 1270. The number of sulfonamides is 1. The lowest BCUT2D eigenvalue weighted by Gasteiger charge is -2.41. The van der Waals surface area contributed by atoms with Crippen molar-refractivity contribution in [2.75, 3.05) is 17.6 Å². The van der Waals surface area contributed by atoms with Gasteiger partial charge in [-0.1, -0.05) is 32.9 Å². The van der Waals surface area contributed by atoms with Gasteiger partial charge in [-0.25, -0.2) is 27.1 Å². The number of rotatable bonds is 9. The standard InChI is InChI=1S/C26H34FN3O6S/c1-7-26(4)35-19(14-20(36-26)15-22(31)32)12-13-21-23(16(2)3)28-25(30(5)37(6,33)34)29-24(21)17-8-10-18(27)11-9-17/h8-13,16,19-20H,7,14-15H2,1-6H3,(H,31,32)/b13-12+. The SMILES string of the molecule is CCC1(C)OC(/C=C/c2c(-c3ccc(F)cc3)nc(N(C)S(C)(=O)=O)nc2C(C)C)CC(CC(=O)O)O1. The van der Waals surface area contributed by atoms with Crippen molar-refractivity contribution in [3.05, 3.63) is 47.4 Å². The maximum Gasteiger partial charge on any atom is 0.305 e. The van der Waals surface area contributed by atoms with Crippen LogP contribution in [0.15, 0.2) is 30.3 Å². The summed E-state index contributed by atoms with van der Waals surface area (Å²) in [5.74, 6) is -2.40. The number of carboxylic acid groups (broad SMARTS) is 1. The topological polar surface area (TPSA) is 119 Å². The first-order valence-electron chi connectivity index (χ1n) is 12.1. The normalized spacial score (nSPS) is 22.5. The van der Waals surface area contributed by atoms with Crippen LogP contribution in [0.3, 0.4) is 0 Å². The summed E-state index contributed by atoms with van der Waals surface area (Å²) in [6, 6.07) is 5.77. The molecule has 3 rings (SSSR count). The molecule has 11 heteroatoms. The minimum Gasteiger partial charge on any atom is -0.481 e. The third-order valence-corrected chi connectivity index (χ3v) is 7.40. The van der Waals surface area contributed by atoms with Crippen LogP contribution in [0, 0.1) is 5.82 Å². The predicted octanol–water partition coefficient (Wildman–Crippen LogP) is 4.59. The van der Waals surface area contributed by atoms with E-state index >= 15 is 0 Å². The summed E-state index contributed by atoms with van der Waals surface area (Å²) < 4.78 is 51.2. The number of hydrogen-bond donors (Lipinski definition) is 1. The summed E-state index contributed by atoms with van der Waals surface area (Å²) in [4.78, 5) is 20.5. The molecule has 0 amide bonds. The van der Waals surface area contributed by atoms with Gasteiger partial charge in [0, 0.05) is 24.6 Å². The Morgan fingerprint density at radius 3 is 2.46 bits per heavy atom. The molecule has 1 aliphatic heterocycles. The van der Waals surface area contributed by atoms with Crippen LogP contribution in [0.2, 0.25) is 0 Å². The van der Waals surface area contributed by atoms with E-state index < -0.39 is 39.8 Å². The van der Waals surface area contributed by atoms with E-state index in [0.29, 0.717) is 35.4 Å². The van der Waals surface area contributed by atoms with Crippen LogP contribution in [0.25, 0.3) is 17.3 Å². The van der Waals surface area contributed by atoms with Crippen molar-refractivity contribution in [1.82, 2.24) is 9.97 Å². The lowest BCUT2D eigenvalue weighted by atomic mass is 9.96. The molecule has 0 bridgehead atoms. The highest BCUT2D eigenvalue weighted by Gasteiger charge is 2.37. The average Bonchev–Trinajstić information content (AvgIpc) is 2.81. The van der Waals surface area contributed by atoms with Crippen LogP contribution >= 0.6 is 0 Å². The van der Waals surface area contributed by atoms with Gasteiger partial charge in [0.05, 0.1) is 36.3 Å².